The van der Waals surface area contributed by atoms with Gasteiger partial charge in [0.2, 0.25) is 11.6 Å². The molecule has 0 aliphatic heterocycles. The van der Waals surface area contributed by atoms with Gasteiger partial charge in [0.25, 0.3) is 0 Å². The van der Waals surface area contributed by atoms with E-state index >= 15 is 0 Å². The molecule has 44 heavy (non-hydrogen) atoms. The van der Waals surface area contributed by atoms with Gasteiger partial charge in [0.15, 0.2) is 5.69 Å². The molecule has 2 aromatic heterocycles. The number of hydrogen-bond donors (Lipinski definition) is 3. The molecule has 0 unspecified atom stereocenters. The second-order valence-electron chi connectivity index (χ2n) is 9.75. The van der Waals surface area contributed by atoms with Crippen molar-refractivity contribution in [3.05, 3.63) is 99.8 Å². The minimum atomic E-state index is -4.28. The van der Waals surface area contributed by atoms with E-state index in [1.807, 2.05) is 53.3 Å². The van der Waals surface area contributed by atoms with Crippen LogP contribution in [0.25, 0.3) is 28.3 Å². The summed E-state index contributed by atoms with van der Waals surface area (Å²) in [5.41, 5.74) is 4.61. The average Bonchev–Trinajstić information content (AvgIpc) is 3.71. The van der Waals surface area contributed by atoms with Crippen LogP contribution in [-0.2, 0) is 14.9 Å². The molecule has 14 nitrogen and oxygen atoms in total. The Kier molecular flexibility index (Phi) is 7.67. The van der Waals surface area contributed by atoms with Crippen molar-refractivity contribution in [3.8, 4) is 28.3 Å². The van der Waals surface area contributed by atoms with Gasteiger partial charge in [-0.1, -0.05) is 53.7 Å². The third kappa shape index (κ3) is 5.67. The Balaban J connectivity index is 1.04. The first kappa shape index (κ1) is 28.8. The lowest BCUT2D eigenvalue weighted by molar-refractivity contribution is 0.149. The molecule has 1 aliphatic carbocycles. The molecular weight excluding hydrogens is 597 g/mol. The first-order valence-electron chi connectivity index (χ1n) is 13.3. The van der Waals surface area contributed by atoms with E-state index in [9.17, 15) is 22.4 Å². The second kappa shape index (κ2) is 11.7. The molecule has 0 saturated heterocycles. The number of ether oxygens (including phenoxy) is 1. The Labute approximate surface area is 249 Å². The van der Waals surface area contributed by atoms with Crippen LogP contribution >= 0.6 is 0 Å². The summed E-state index contributed by atoms with van der Waals surface area (Å²) in [5.74, 6) is -1.60. The van der Waals surface area contributed by atoms with Gasteiger partial charge in [-0.05, 0) is 63.3 Å². The van der Waals surface area contributed by atoms with E-state index in [4.69, 9.17) is 13.9 Å². The van der Waals surface area contributed by atoms with Crippen molar-refractivity contribution >= 4 is 22.1 Å². The quantitative estimate of drug-likeness (QED) is 0.195. The summed E-state index contributed by atoms with van der Waals surface area (Å²) >= 11 is 0. The van der Waals surface area contributed by atoms with E-state index < -0.39 is 27.9 Å². The lowest BCUT2D eigenvalue weighted by Crippen LogP contribution is -2.42. The van der Waals surface area contributed by atoms with E-state index in [0.29, 0.717) is 0 Å². The molecule has 0 radical (unpaired) electrons. The Hall–Kier alpha value is -5.35. The van der Waals surface area contributed by atoms with Crippen LogP contribution in [0.1, 0.15) is 22.6 Å². The molecule has 2 heterocycles. The summed E-state index contributed by atoms with van der Waals surface area (Å²) in [5, 5.41) is 14.0. The number of aryl methyl sites for hydroxylation is 1. The molecule has 5 aromatic rings. The van der Waals surface area contributed by atoms with E-state index in [1.165, 1.54) is 25.1 Å². The van der Waals surface area contributed by atoms with Crippen LogP contribution in [-0.4, -0.2) is 54.2 Å². The third-order valence-corrected chi connectivity index (χ3v) is 8.00. The van der Waals surface area contributed by atoms with E-state index in [0.717, 1.165) is 26.8 Å². The summed E-state index contributed by atoms with van der Waals surface area (Å²) < 4.78 is 58.6. The van der Waals surface area contributed by atoms with Crippen molar-refractivity contribution in [2.24, 2.45) is 0 Å². The number of nitrogens with zero attached hydrogens (tertiary/aromatic N) is 4. The largest absolute Gasteiger partial charge is 0.448 e. The second-order valence-corrected chi connectivity index (χ2v) is 11.3. The Bertz CT molecular complexity index is 1980. The molecule has 3 N–H and O–H groups in total. The average molecular weight is 622 g/mol. The molecule has 0 saturated carbocycles. The zero-order valence-corrected chi connectivity index (χ0v) is 23.8. The number of hydrogen-bond acceptors (Lipinski definition) is 11. The molecule has 0 spiro atoms. The summed E-state index contributed by atoms with van der Waals surface area (Å²) in [6.07, 6.45) is -1.13. The Morgan fingerprint density at radius 2 is 1.70 bits per heavy atom. The van der Waals surface area contributed by atoms with Crippen molar-refractivity contribution < 1.29 is 31.5 Å². The number of carbonyl (C=O) groups excluding carboxylic acids is 1. The Morgan fingerprint density at radius 3 is 2.41 bits per heavy atom. The molecule has 0 atom stereocenters. The van der Waals surface area contributed by atoms with Gasteiger partial charge in [-0.3, -0.25) is 4.52 Å². The van der Waals surface area contributed by atoms with Crippen molar-refractivity contribution in [2.45, 2.75) is 12.8 Å². The molecule has 16 heteroatoms. The highest BCUT2D eigenvalue weighted by Gasteiger charge is 2.29. The fraction of sp³-hybridized carbons (Fsp3) is 0.179. The molecule has 0 bridgehead atoms. The number of fused-ring (bicyclic) bond motifs is 3. The molecule has 6 rings (SSSR count). The molecule has 0 fully saturated rings. The van der Waals surface area contributed by atoms with Crippen LogP contribution in [0.5, 0.6) is 0 Å². The normalized spacial score (nSPS) is 12.5. The maximum absolute atomic E-state index is 13.8. The zero-order valence-electron chi connectivity index (χ0n) is 23.0. The van der Waals surface area contributed by atoms with Crippen molar-refractivity contribution in [3.63, 3.8) is 0 Å². The van der Waals surface area contributed by atoms with Gasteiger partial charge in [0.05, 0.1) is 5.69 Å². The highest BCUT2D eigenvalue weighted by atomic mass is 32.2. The summed E-state index contributed by atoms with van der Waals surface area (Å²) in [4.78, 5) is 24.7. The van der Waals surface area contributed by atoms with E-state index in [2.05, 4.69) is 25.5 Å². The van der Waals surface area contributed by atoms with E-state index in [1.54, 1.807) is 0 Å². The first-order chi connectivity index (χ1) is 21.2. The SMILES string of the molecule is Cc1cc(-n2c(-c3nonc3NCCNS(=O)(=O)NC(=O)OCC3c4ccccc4-c4ccccc43)noc2=O)ccc1F. The molecule has 226 valence electrons. The van der Waals surface area contributed by atoms with Gasteiger partial charge in [-0.15, -0.1) is 0 Å². The van der Waals surface area contributed by atoms with Crippen LogP contribution in [0.2, 0.25) is 0 Å². The van der Waals surface area contributed by atoms with E-state index in [-0.39, 0.29) is 54.2 Å². The van der Waals surface area contributed by atoms with Crippen molar-refractivity contribution in [1.82, 2.24) is 29.5 Å². The summed E-state index contributed by atoms with van der Waals surface area (Å²) in [6.45, 7) is 1.25. The van der Waals surface area contributed by atoms with Gasteiger partial charge < -0.3 is 10.1 Å². The number of rotatable bonds is 10. The predicted octanol–water partition coefficient (Wildman–Crippen LogP) is 3.11. The number of nitrogens with one attached hydrogen (secondary N) is 3. The zero-order chi connectivity index (χ0) is 30.8. The summed E-state index contributed by atoms with van der Waals surface area (Å²) in [7, 11) is -4.28. The predicted molar refractivity (Wildman–Crippen MR) is 154 cm³/mol. The minimum absolute atomic E-state index is 0.0163. The van der Waals surface area contributed by atoms with Gasteiger partial charge in [0, 0.05) is 19.0 Å². The van der Waals surface area contributed by atoms with Gasteiger partial charge in [-0.2, -0.15) is 13.1 Å². The molecular formula is C28H24FN7O7S. The van der Waals surface area contributed by atoms with Gasteiger partial charge >= 0.3 is 22.1 Å². The lowest BCUT2D eigenvalue weighted by atomic mass is 9.98. The van der Waals surface area contributed by atoms with Crippen LogP contribution in [0, 0.1) is 12.7 Å². The number of halogens is 1. The molecule has 1 aliphatic rings. The Morgan fingerprint density at radius 1 is 1.00 bits per heavy atom. The maximum Gasteiger partial charge on any atom is 0.446 e. The van der Waals surface area contributed by atoms with Gasteiger partial charge in [-0.25, -0.2) is 27.9 Å². The number of carbonyl (C=O) groups is 1. The number of anilines is 1. The fourth-order valence-electron chi connectivity index (χ4n) is 4.99. The monoisotopic (exact) mass is 621 g/mol. The first-order valence-corrected chi connectivity index (χ1v) is 14.7. The smallest absolute Gasteiger partial charge is 0.446 e. The summed E-state index contributed by atoms with van der Waals surface area (Å²) in [6, 6.07) is 19.5. The fourth-order valence-corrected chi connectivity index (χ4v) is 5.71. The molecule has 1 amide bonds. The van der Waals surface area contributed by atoms with Crippen LogP contribution in [0.3, 0.4) is 0 Å². The van der Waals surface area contributed by atoms with Crippen LogP contribution in [0.15, 0.2) is 80.7 Å². The number of aromatic nitrogens is 4. The highest BCUT2D eigenvalue weighted by Crippen LogP contribution is 2.44. The highest BCUT2D eigenvalue weighted by molar-refractivity contribution is 7.88. The number of amides is 1. The van der Waals surface area contributed by atoms with Crippen molar-refractivity contribution in [2.75, 3.05) is 25.0 Å². The topological polar surface area (TPSA) is 183 Å². The standard InChI is InChI=1S/C28H24FN7O7S/c1-16-14-17(10-11-23(16)29)36-26(34-42-28(36)38)24-25(33-43-32-24)30-12-13-31-44(39,40)35-27(37)41-15-22-20-8-4-2-6-18(20)19-7-3-5-9-21(19)22/h2-11,14,22,31H,12-13,15H2,1H3,(H,30,33)(H,35,37). The van der Waals surface area contributed by atoms with Crippen molar-refractivity contribution in [1.29, 1.82) is 0 Å². The minimum Gasteiger partial charge on any atom is -0.448 e. The van der Waals surface area contributed by atoms with Crippen LogP contribution in [0.4, 0.5) is 15.0 Å². The molecule has 3 aromatic carbocycles. The van der Waals surface area contributed by atoms with Crippen LogP contribution < -0.4 is 20.5 Å². The lowest BCUT2D eigenvalue weighted by Gasteiger charge is -2.15. The number of benzene rings is 3. The maximum atomic E-state index is 13.8. The third-order valence-electron chi connectivity index (χ3n) is 6.98. The van der Waals surface area contributed by atoms with Gasteiger partial charge in [0.1, 0.15) is 12.4 Å².